The zero-order valence-corrected chi connectivity index (χ0v) is 15.3. The van der Waals surface area contributed by atoms with E-state index in [0.29, 0.717) is 6.42 Å². The van der Waals surface area contributed by atoms with E-state index in [1.807, 2.05) is 0 Å². The Kier molecular flexibility index (Phi) is 4.84. The fourth-order valence-electron chi connectivity index (χ4n) is 3.46. The summed E-state index contributed by atoms with van der Waals surface area (Å²) in [4.78, 5) is 10.8. The van der Waals surface area contributed by atoms with Crippen LogP contribution in [-0.2, 0) is 22.0 Å². The molecule has 0 saturated heterocycles. The van der Waals surface area contributed by atoms with Gasteiger partial charge in [0, 0.05) is 6.42 Å². The number of aldehydes is 1. The number of aryl methyl sites for hydroxylation is 1. The van der Waals surface area contributed by atoms with Crippen molar-refractivity contribution in [3.63, 3.8) is 0 Å². The van der Waals surface area contributed by atoms with Crippen LogP contribution in [0.4, 0.5) is 0 Å². The van der Waals surface area contributed by atoms with Crippen LogP contribution in [0, 0.1) is 0 Å². The van der Waals surface area contributed by atoms with Gasteiger partial charge in [0.05, 0.1) is 0 Å². The minimum Gasteiger partial charge on any atom is -0.303 e. The highest BCUT2D eigenvalue weighted by Crippen LogP contribution is 2.46. The van der Waals surface area contributed by atoms with Crippen molar-refractivity contribution in [3.8, 4) is 0 Å². The van der Waals surface area contributed by atoms with Crippen LogP contribution in [-0.4, -0.2) is 6.29 Å². The van der Waals surface area contributed by atoms with Crippen molar-refractivity contribution in [3.05, 3.63) is 34.4 Å². The van der Waals surface area contributed by atoms with Gasteiger partial charge >= 0.3 is 0 Å². The lowest BCUT2D eigenvalue weighted by Gasteiger charge is -2.38. The van der Waals surface area contributed by atoms with Gasteiger partial charge in [-0.3, -0.25) is 0 Å². The molecule has 122 valence electrons. The van der Waals surface area contributed by atoms with E-state index in [9.17, 15) is 4.79 Å². The molecular formula is C21H32O. The number of carbonyl (C=O) groups excluding carboxylic acids is 1. The molecule has 1 aromatic carbocycles. The summed E-state index contributed by atoms with van der Waals surface area (Å²) in [7, 11) is 0. The predicted molar refractivity (Wildman–Crippen MR) is 94.8 cm³/mol. The van der Waals surface area contributed by atoms with Crippen LogP contribution >= 0.6 is 0 Å². The molecule has 2 rings (SSSR count). The van der Waals surface area contributed by atoms with Crippen LogP contribution in [0.25, 0.3) is 0 Å². The van der Waals surface area contributed by atoms with E-state index in [4.69, 9.17) is 0 Å². The molecule has 1 aromatic rings. The second-order valence-corrected chi connectivity index (χ2v) is 8.94. The number of carbonyl (C=O) groups is 1. The molecular weight excluding hydrogens is 268 g/mol. The number of rotatable bonds is 4. The molecule has 0 spiro atoms. The Morgan fingerprint density at radius 2 is 1.50 bits per heavy atom. The van der Waals surface area contributed by atoms with Crippen molar-refractivity contribution < 1.29 is 4.79 Å². The van der Waals surface area contributed by atoms with Gasteiger partial charge in [-0.25, -0.2) is 0 Å². The largest absolute Gasteiger partial charge is 0.303 e. The molecule has 0 aliphatic heterocycles. The van der Waals surface area contributed by atoms with Crippen LogP contribution in [0.2, 0.25) is 0 Å². The Hall–Kier alpha value is -1.11. The summed E-state index contributed by atoms with van der Waals surface area (Å²) < 4.78 is 0. The first kappa shape index (κ1) is 17.2. The maximum Gasteiger partial charge on any atom is 0.120 e. The molecule has 0 unspecified atom stereocenters. The first-order valence-corrected chi connectivity index (χ1v) is 8.76. The minimum atomic E-state index is 0.155. The van der Waals surface area contributed by atoms with Crippen molar-refractivity contribution in [1.82, 2.24) is 0 Å². The van der Waals surface area contributed by atoms with E-state index in [-0.39, 0.29) is 10.8 Å². The van der Waals surface area contributed by atoms with Crippen molar-refractivity contribution in [2.24, 2.45) is 0 Å². The van der Waals surface area contributed by atoms with Crippen molar-refractivity contribution >= 4 is 6.29 Å². The van der Waals surface area contributed by atoms with E-state index in [2.05, 4.69) is 53.7 Å². The van der Waals surface area contributed by atoms with Crippen LogP contribution in [0.5, 0.6) is 0 Å². The Morgan fingerprint density at radius 1 is 1.00 bits per heavy atom. The molecule has 1 saturated carbocycles. The van der Waals surface area contributed by atoms with Crippen LogP contribution in [0.1, 0.15) is 95.4 Å². The van der Waals surface area contributed by atoms with Crippen molar-refractivity contribution in [2.75, 3.05) is 0 Å². The minimum absolute atomic E-state index is 0.155. The summed E-state index contributed by atoms with van der Waals surface area (Å²) in [6.45, 7) is 13.9. The van der Waals surface area contributed by atoms with E-state index < -0.39 is 0 Å². The van der Waals surface area contributed by atoms with Gasteiger partial charge in [0.25, 0.3) is 0 Å². The predicted octanol–water partition coefficient (Wildman–Crippen LogP) is 5.68. The monoisotopic (exact) mass is 300 g/mol. The quantitative estimate of drug-likeness (QED) is 0.654. The molecule has 1 fully saturated rings. The first-order chi connectivity index (χ1) is 10.1. The van der Waals surface area contributed by atoms with Crippen LogP contribution < -0.4 is 0 Å². The lowest BCUT2D eigenvalue weighted by molar-refractivity contribution is -0.107. The molecule has 0 N–H and O–H groups in total. The lowest BCUT2D eigenvalue weighted by atomic mass is 9.67. The zero-order valence-electron chi connectivity index (χ0n) is 15.3. The Bertz CT molecular complexity index is 501. The summed E-state index contributed by atoms with van der Waals surface area (Å²) in [5.74, 6) is 0.739. The summed E-state index contributed by atoms with van der Waals surface area (Å²) in [6, 6.07) is 4.76. The molecule has 0 bridgehead atoms. The third-order valence-electron chi connectivity index (χ3n) is 4.92. The highest BCUT2D eigenvalue weighted by Gasteiger charge is 2.32. The lowest BCUT2D eigenvalue weighted by Crippen LogP contribution is -2.26. The van der Waals surface area contributed by atoms with Crippen molar-refractivity contribution in [1.29, 1.82) is 0 Å². The standard InChI is InChI=1S/C21H32O/c1-20(2,3)17-13-15(9-8-12-22)14-18(21(4,5)6)19(17)16-10-7-11-16/h12-14,16H,7-11H2,1-6H3. The van der Waals surface area contributed by atoms with Crippen LogP contribution in [0.3, 0.4) is 0 Å². The van der Waals surface area contributed by atoms with Gasteiger partial charge in [-0.15, -0.1) is 0 Å². The van der Waals surface area contributed by atoms with Gasteiger partial charge < -0.3 is 4.79 Å². The Labute approximate surface area is 136 Å². The van der Waals surface area contributed by atoms with Gasteiger partial charge in [-0.2, -0.15) is 0 Å². The van der Waals surface area contributed by atoms with E-state index in [0.717, 1.165) is 18.6 Å². The summed E-state index contributed by atoms with van der Waals surface area (Å²) in [5.41, 5.74) is 6.26. The zero-order chi connectivity index (χ0) is 16.5. The Morgan fingerprint density at radius 3 is 1.82 bits per heavy atom. The third-order valence-corrected chi connectivity index (χ3v) is 4.92. The topological polar surface area (TPSA) is 17.1 Å². The fraction of sp³-hybridized carbons (Fsp3) is 0.667. The number of hydrogen-bond donors (Lipinski definition) is 0. The third kappa shape index (κ3) is 3.62. The number of hydrogen-bond acceptors (Lipinski definition) is 1. The molecule has 1 nitrogen and oxygen atoms in total. The maximum absolute atomic E-state index is 10.8. The second kappa shape index (κ2) is 6.18. The van der Waals surface area contributed by atoms with Gasteiger partial charge in [-0.05, 0) is 58.3 Å². The molecule has 1 heteroatoms. The molecule has 0 amide bonds. The molecule has 0 aromatic heterocycles. The summed E-state index contributed by atoms with van der Waals surface area (Å²) in [5, 5.41) is 0. The molecule has 0 heterocycles. The van der Waals surface area contributed by atoms with Gasteiger partial charge in [0.1, 0.15) is 6.29 Å². The molecule has 1 aliphatic rings. The molecule has 0 radical (unpaired) electrons. The van der Waals surface area contributed by atoms with Crippen LogP contribution in [0.15, 0.2) is 12.1 Å². The number of benzene rings is 1. The fourth-order valence-corrected chi connectivity index (χ4v) is 3.46. The molecule has 1 aliphatic carbocycles. The van der Waals surface area contributed by atoms with E-state index >= 15 is 0 Å². The second-order valence-electron chi connectivity index (χ2n) is 8.94. The van der Waals surface area contributed by atoms with Gasteiger partial charge in [0.2, 0.25) is 0 Å². The first-order valence-electron chi connectivity index (χ1n) is 8.76. The summed E-state index contributed by atoms with van der Waals surface area (Å²) in [6.07, 6.45) is 6.55. The molecule has 0 atom stereocenters. The highest BCUT2D eigenvalue weighted by atomic mass is 16.1. The normalized spacial score (nSPS) is 16.5. The van der Waals surface area contributed by atoms with E-state index in [1.54, 1.807) is 5.56 Å². The smallest absolute Gasteiger partial charge is 0.120 e. The average Bonchev–Trinajstić information content (AvgIpc) is 2.32. The van der Waals surface area contributed by atoms with Crippen molar-refractivity contribution in [2.45, 2.75) is 90.4 Å². The Balaban J connectivity index is 2.63. The SMILES string of the molecule is CC(C)(C)c1cc(CCC=O)cc(C(C)(C)C)c1C1CCC1. The highest BCUT2D eigenvalue weighted by molar-refractivity contribution is 5.52. The average molecular weight is 300 g/mol. The summed E-state index contributed by atoms with van der Waals surface area (Å²) >= 11 is 0. The van der Waals surface area contributed by atoms with Gasteiger partial charge in [-0.1, -0.05) is 60.1 Å². The maximum atomic E-state index is 10.8. The van der Waals surface area contributed by atoms with Gasteiger partial charge in [0.15, 0.2) is 0 Å². The molecule has 22 heavy (non-hydrogen) atoms. The van der Waals surface area contributed by atoms with E-state index in [1.165, 1.54) is 36.0 Å².